The molecule has 24 heavy (non-hydrogen) atoms. The Balaban J connectivity index is 1.84. The van der Waals surface area contributed by atoms with E-state index in [9.17, 15) is 4.79 Å². The molecule has 0 aliphatic carbocycles. The second-order valence-electron chi connectivity index (χ2n) is 6.18. The summed E-state index contributed by atoms with van der Waals surface area (Å²) in [6, 6.07) is 9.44. The number of nitrogens with zero attached hydrogens (tertiary/aromatic N) is 1. The molecule has 6 nitrogen and oxygen atoms in total. The van der Waals surface area contributed by atoms with Gasteiger partial charge in [-0.3, -0.25) is 9.89 Å². The summed E-state index contributed by atoms with van der Waals surface area (Å²) in [5.41, 5.74) is 9.36. The van der Waals surface area contributed by atoms with Crippen molar-refractivity contribution in [3.8, 4) is 0 Å². The smallest absolute Gasteiger partial charge is 0.244 e. The fourth-order valence-electron chi connectivity index (χ4n) is 2.30. The van der Waals surface area contributed by atoms with Crippen molar-refractivity contribution in [2.24, 2.45) is 5.73 Å². The topological polar surface area (TPSA) is 93.0 Å². The third-order valence-electron chi connectivity index (χ3n) is 3.75. The number of amides is 1. The van der Waals surface area contributed by atoms with Gasteiger partial charge in [0.2, 0.25) is 5.91 Å². The van der Waals surface area contributed by atoms with Crippen molar-refractivity contribution in [3.05, 3.63) is 47.2 Å². The lowest BCUT2D eigenvalue weighted by molar-refractivity contribution is -0.119. The van der Waals surface area contributed by atoms with Gasteiger partial charge in [-0.05, 0) is 44.7 Å². The largest absolute Gasteiger partial charge is 0.377 e. The minimum atomic E-state index is -0.709. The average Bonchev–Trinajstić information content (AvgIpc) is 2.99. The zero-order chi connectivity index (χ0) is 17.5. The molecule has 1 heterocycles. The number of aryl methyl sites for hydroxylation is 3. The SMILES string of the molecule is Cc1ccccc1CCc1cc(NC(=O)[C@@H](N)COC(C)C)n[nH]1. The molecule has 1 amide bonds. The first kappa shape index (κ1) is 18.2. The van der Waals surface area contributed by atoms with Gasteiger partial charge in [0.15, 0.2) is 5.82 Å². The Morgan fingerprint density at radius 1 is 1.33 bits per heavy atom. The zero-order valence-electron chi connectivity index (χ0n) is 14.5. The molecule has 0 aliphatic heterocycles. The number of carbonyl (C=O) groups excluding carboxylic acids is 1. The molecule has 0 radical (unpaired) electrons. The summed E-state index contributed by atoms with van der Waals surface area (Å²) >= 11 is 0. The number of aromatic amines is 1. The van der Waals surface area contributed by atoms with Gasteiger partial charge in [0, 0.05) is 11.8 Å². The third-order valence-corrected chi connectivity index (χ3v) is 3.75. The minimum Gasteiger partial charge on any atom is -0.377 e. The van der Waals surface area contributed by atoms with Crippen LogP contribution in [0.5, 0.6) is 0 Å². The van der Waals surface area contributed by atoms with Crippen molar-refractivity contribution < 1.29 is 9.53 Å². The number of nitrogens with one attached hydrogen (secondary N) is 2. The lowest BCUT2D eigenvalue weighted by atomic mass is 10.0. The third kappa shape index (κ3) is 5.47. The number of hydrogen-bond acceptors (Lipinski definition) is 4. The molecule has 2 aromatic rings. The first-order valence-corrected chi connectivity index (χ1v) is 8.22. The highest BCUT2D eigenvalue weighted by atomic mass is 16.5. The summed E-state index contributed by atoms with van der Waals surface area (Å²) in [5, 5.41) is 9.78. The molecule has 0 fully saturated rings. The molecule has 0 bridgehead atoms. The summed E-state index contributed by atoms with van der Waals surface area (Å²) in [6.07, 6.45) is 1.79. The van der Waals surface area contributed by atoms with E-state index < -0.39 is 6.04 Å². The van der Waals surface area contributed by atoms with Crippen LogP contribution in [0.3, 0.4) is 0 Å². The van der Waals surface area contributed by atoms with E-state index in [-0.39, 0.29) is 18.6 Å². The van der Waals surface area contributed by atoms with Gasteiger partial charge in [-0.2, -0.15) is 5.10 Å². The highest BCUT2D eigenvalue weighted by molar-refractivity contribution is 5.93. The molecule has 0 saturated carbocycles. The normalized spacial score (nSPS) is 12.4. The molecule has 1 aromatic carbocycles. The van der Waals surface area contributed by atoms with E-state index in [2.05, 4.69) is 34.6 Å². The monoisotopic (exact) mass is 330 g/mol. The lowest BCUT2D eigenvalue weighted by Crippen LogP contribution is -2.40. The quantitative estimate of drug-likeness (QED) is 0.692. The van der Waals surface area contributed by atoms with Gasteiger partial charge in [-0.25, -0.2) is 0 Å². The van der Waals surface area contributed by atoms with Crippen LogP contribution in [0.1, 0.15) is 30.7 Å². The molecule has 0 saturated heterocycles. The lowest BCUT2D eigenvalue weighted by Gasteiger charge is -2.13. The molecule has 1 atom stereocenters. The molecule has 2 rings (SSSR count). The van der Waals surface area contributed by atoms with Gasteiger partial charge < -0.3 is 15.8 Å². The van der Waals surface area contributed by atoms with Gasteiger partial charge in [-0.1, -0.05) is 24.3 Å². The standard InChI is InChI=1S/C18H26N4O2/c1-12(2)24-11-16(19)18(23)20-17-10-15(21-22-17)9-8-14-7-5-4-6-13(14)3/h4-7,10,12,16H,8-9,11,19H2,1-3H3,(H2,20,21,22,23)/t16-/m0/s1. The number of anilines is 1. The minimum absolute atomic E-state index is 0.0438. The molecular formula is C18H26N4O2. The van der Waals surface area contributed by atoms with Crippen LogP contribution in [0, 0.1) is 6.92 Å². The summed E-state index contributed by atoms with van der Waals surface area (Å²) in [5.74, 6) is 0.187. The van der Waals surface area contributed by atoms with Gasteiger partial charge in [0.1, 0.15) is 6.04 Å². The molecule has 0 spiro atoms. The Morgan fingerprint density at radius 2 is 2.08 bits per heavy atom. The van der Waals surface area contributed by atoms with Crippen molar-refractivity contribution in [2.75, 3.05) is 11.9 Å². The van der Waals surface area contributed by atoms with Crippen LogP contribution in [-0.2, 0) is 22.4 Å². The number of hydrogen-bond donors (Lipinski definition) is 3. The summed E-state index contributed by atoms with van der Waals surface area (Å²) in [6.45, 7) is 6.10. The van der Waals surface area contributed by atoms with E-state index in [1.807, 2.05) is 32.0 Å². The molecule has 6 heteroatoms. The maximum Gasteiger partial charge on any atom is 0.244 e. The number of ether oxygens (including phenoxy) is 1. The van der Waals surface area contributed by atoms with Crippen molar-refractivity contribution >= 4 is 11.7 Å². The van der Waals surface area contributed by atoms with Gasteiger partial charge in [0.25, 0.3) is 0 Å². The summed E-state index contributed by atoms with van der Waals surface area (Å²) < 4.78 is 5.35. The molecular weight excluding hydrogens is 304 g/mol. The molecule has 0 unspecified atom stereocenters. The number of H-pyrrole nitrogens is 1. The number of carbonyl (C=O) groups is 1. The van der Waals surface area contributed by atoms with Crippen molar-refractivity contribution in [2.45, 2.75) is 45.8 Å². The number of nitrogens with two attached hydrogens (primary N) is 1. The molecule has 1 aromatic heterocycles. The Bertz CT molecular complexity index is 667. The van der Waals surface area contributed by atoms with Crippen molar-refractivity contribution in [1.29, 1.82) is 0 Å². The predicted molar refractivity (Wildman–Crippen MR) is 94.9 cm³/mol. The highest BCUT2D eigenvalue weighted by Gasteiger charge is 2.15. The Kier molecular flexibility index (Phi) is 6.52. The van der Waals surface area contributed by atoms with Crippen LogP contribution in [-0.4, -0.2) is 34.9 Å². The number of aromatic nitrogens is 2. The second-order valence-corrected chi connectivity index (χ2v) is 6.18. The zero-order valence-corrected chi connectivity index (χ0v) is 14.5. The number of rotatable bonds is 8. The van der Waals surface area contributed by atoms with E-state index in [0.29, 0.717) is 5.82 Å². The average molecular weight is 330 g/mol. The van der Waals surface area contributed by atoms with Crippen LogP contribution >= 0.6 is 0 Å². The van der Waals surface area contributed by atoms with E-state index >= 15 is 0 Å². The van der Waals surface area contributed by atoms with Crippen LogP contribution in [0.25, 0.3) is 0 Å². The van der Waals surface area contributed by atoms with Gasteiger partial charge in [0.05, 0.1) is 12.7 Å². The van der Waals surface area contributed by atoms with E-state index in [1.54, 1.807) is 0 Å². The molecule has 4 N–H and O–H groups in total. The summed E-state index contributed by atoms with van der Waals surface area (Å²) in [7, 11) is 0. The highest BCUT2D eigenvalue weighted by Crippen LogP contribution is 2.12. The van der Waals surface area contributed by atoms with Crippen LogP contribution in [0.15, 0.2) is 30.3 Å². The van der Waals surface area contributed by atoms with Gasteiger partial charge >= 0.3 is 0 Å². The van der Waals surface area contributed by atoms with E-state index in [4.69, 9.17) is 10.5 Å². The first-order valence-electron chi connectivity index (χ1n) is 8.22. The fraction of sp³-hybridized carbons (Fsp3) is 0.444. The first-order chi connectivity index (χ1) is 11.5. The maximum absolute atomic E-state index is 12.0. The van der Waals surface area contributed by atoms with E-state index in [1.165, 1.54) is 11.1 Å². The second kappa shape index (κ2) is 8.61. The van der Waals surface area contributed by atoms with Crippen LogP contribution in [0.2, 0.25) is 0 Å². The van der Waals surface area contributed by atoms with Gasteiger partial charge in [-0.15, -0.1) is 0 Å². The summed E-state index contributed by atoms with van der Waals surface area (Å²) in [4.78, 5) is 12.0. The van der Waals surface area contributed by atoms with E-state index in [0.717, 1.165) is 18.5 Å². The molecule has 0 aliphatic rings. The Labute approximate surface area is 142 Å². The van der Waals surface area contributed by atoms with Crippen LogP contribution in [0.4, 0.5) is 5.82 Å². The van der Waals surface area contributed by atoms with Crippen LogP contribution < -0.4 is 11.1 Å². The maximum atomic E-state index is 12.0. The Hall–Kier alpha value is -2.18. The van der Waals surface area contributed by atoms with Crippen molar-refractivity contribution in [3.63, 3.8) is 0 Å². The Morgan fingerprint density at radius 3 is 2.79 bits per heavy atom. The molecule has 130 valence electrons. The van der Waals surface area contributed by atoms with Crippen molar-refractivity contribution in [1.82, 2.24) is 10.2 Å². The fourth-order valence-corrected chi connectivity index (χ4v) is 2.30. The number of benzene rings is 1. The predicted octanol–water partition coefficient (Wildman–Crippen LogP) is 2.19.